The second kappa shape index (κ2) is 6.63. The largest absolute Gasteiger partial charge is 0.310 e. The van der Waals surface area contributed by atoms with Crippen molar-refractivity contribution in [1.29, 1.82) is 0 Å². The number of nitrogens with zero attached hydrogens (tertiary/aromatic N) is 4. The molecule has 0 bridgehead atoms. The predicted octanol–water partition coefficient (Wildman–Crippen LogP) is 3.57. The summed E-state index contributed by atoms with van der Waals surface area (Å²) in [7, 11) is 0. The third-order valence-electron chi connectivity index (χ3n) is 4.89. The third-order valence-corrected chi connectivity index (χ3v) is 5.85. The summed E-state index contributed by atoms with van der Waals surface area (Å²) in [5, 5.41) is 7.44. The molecule has 3 aromatic rings. The molecule has 3 aromatic heterocycles. The first-order chi connectivity index (χ1) is 13.2. The lowest BCUT2D eigenvalue weighted by atomic mass is 9.85. The number of aromatic nitrogens is 4. The first-order valence-electron chi connectivity index (χ1n) is 9.08. The Morgan fingerprint density at radius 3 is 2.43 bits per heavy atom. The summed E-state index contributed by atoms with van der Waals surface area (Å²) in [6, 6.07) is 3.78. The maximum Gasteiger partial charge on any atom is 0.252 e. The highest BCUT2D eigenvalue weighted by Crippen LogP contribution is 2.39. The molecular formula is C20H21N5O2S. The quantitative estimate of drug-likeness (QED) is 0.685. The van der Waals surface area contributed by atoms with Crippen LogP contribution in [0.5, 0.6) is 0 Å². The highest BCUT2D eigenvalue weighted by molar-refractivity contribution is 7.12. The molecule has 0 fully saturated rings. The number of Topliss-reactive ketones (excluding diaryl/α,β-unsaturated/α-hetero) is 1. The van der Waals surface area contributed by atoms with Gasteiger partial charge < -0.3 is 5.32 Å². The molecule has 1 aliphatic rings. The Bertz CT molecular complexity index is 1110. The van der Waals surface area contributed by atoms with Gasteiger partial charge in [-0.3, -0.25) is 9.59 Å². The molecule has 144 valence electrons. The fraction of sp³-hybridized carbons (Fsp3) is 0.350. The highest BCUT2D eigenvalue weighted by Gasteiger charge is 2.37. The summed E-state index contributed by atoms with van der Waals surface area (Å²) in [4.78, 5) is 36.7. The number of nitrogens with one attached hydrogen (secondary N) is 1. The van der Waals surface area contributed by atoms with Gasteiger partial charge >= 0.3 is 0 Å². The van der Waals surface area contributed by atoms with Crippen molar-refractivity contribution in [2.75, 3.05) is 5.32 Å². The Hall–Kier alpha value is -2.87. The van der Waals surface area contributed by atoms with Crippen LogP contribution in [0.2, 0.25) is 0 Å². The van der Waals surface area contributed by atoms with Crippen molar-refractivity contribution in [1.82, 2.24) is 19.7 Å². The molecule has 0 radical (unpaired) electrons. The molecule has 1 unspecified atom stereocenters. The first-order valence-corrected chi connectivity index (χ1v) is 9.89. The maximum absolute atomic E-state index is 13.3. The molecule has 8 heteroatoms. The monoisotopic (exact) mass is 395 g/mol. The van der Waals surface area contributed by atoms with E-state index in [0.717, 1.165) is 26.7 Å². The van der Waals surface area contributed by atoms with Crippen LogP contribution in [0.15, 0.2) is 12.1 Å². The minimum absolute atomic E-state index is 0.0399. The third kappa shape index (κ3) is 3.03. The van der Waals surface area contributed by atoms with Crippen LogP contribution in [0.25, 0.3) is 5.95 Å². The second-order valence-electron chi connectivity index (χ2n) is 7.21. The molecule has 4 heterocycles. The van der Waals surface area contributed by atoms with E-state index in [9.17, 15) is 9.59 Å². The summed E-state index contributed by atoms with van der Waals surface area (Å²) >= 11 is 1.59. The van der Waals surface area contributed by atoms with E-state index >= 15 is 0 Å². The molecule has 1 aliphatic heterocycles. The lowest BCUT2D eigenvalue weighted by molar-refractivity contribution is -0.116. The number of carbonyl (C=O) groups excluding carboxylic acids is 2. The van der Waals surface area contributed by atoms with Gasteiger partial charge in [-0.25, -0.2) is 9.97 Å². The molecule has 7 nitrogen and oxygen atoms in total. The maximum atomic E-state index is 13.3. The van der Waals surface area contributed by atoms with Crippen molar-refractivity contribution >= 4 is 28.8 Å². The Morgan fingerprint density at radius 1 is 1.14 bits per heavy atom. The summed E-state index contributed by atoms with van der Waals surface area (Å²) in [6.07, 6.45) is 0.112. The number of amides is 1. The van der Waals surface area contributed by atoms with Gasteiger partial charge in [-0.05, 0) is 46.8 Å². The van der Waals surface area contributed by atoms with Crippen molar-refractivity contribution in [3.8, 4) is 5.95 Å². The van der Waals surface area contributed by atoms with Crippen LogP contribution in [0.3, 0.4) is 0 Å². The molecule has 0 saturated carbocycles. The Labute approximate surface area is 166 Å². The molecule has 0 aliphatic carbocycles. The van der Waals surface area contributed by atoms with E-state index in [1.54, 1.807) is 11.3 Å². The van der Waals surface area contributed by atoms with Gasteiger partial charge in [0.2, 0.25) is 5.91 Å². The van der Waals surface area contributed by atoms with Gasteiger partial charge in [0.1, 0.15) is 5.82 Å². The smallest absolute Gasteiger partial charge is 0.252 e. The van der Waals surface area contributed by atoms with Crippen molar-refractivity contribution in [2.24, 2.45) is 0 Å². The van der Waals surface area contributed by atoms with Crippen molar-refractivity contribution < 1.29 is 9.59 Å². The average molecular weight is 395 g/mol. The topological polar surface area (TPSA) is 89.8 Å². The number of rotatable bonds is 3. The Kier molecular flexibility index (Phi) is 4.38. The van der Waals surface area contributed by atoms with Crippen LogP contribution in [0, 0.1) is 34.6 Å². The molecule has 0 aromatic carbocycles. The van der Waals surface area contributed by atoms with Crippen LogP contribution >= 0.6 is 11.3 Å². The van der Waals surface area contributed by atoms with Crippen LogP contribution in [-0.2, 0) is 4.79 Å². The fourth-order valence-electron chi connectivity index (χ4n) is 3.78. The molecule has 1 atom stereocenters. The lowest BCUT2D eigenvalue weighted by Crippen LogP contribution is -2.28. The normalized spacial score (nSPS) is 16.0. The average Bonchev–Trinajstić information content (AvgIpc) is 3.11. The minimum atomic E-state index is -0.559. The number of aryl methyl sites for hydroxylation is 5. The second-order valence-corrected chi connectivity index (χ2v) is 8.67. The number of hydrogen-bond acceptors (Lipinski definition) is 6. The Morgan fingerprint density at radius 2 is 1.82 bits per heavy atom. The van der Waals surface area contributed by atoms with Gasteiger partial charge in [0, 0.05) is 38.7 Å². The predicted molar refractivity (Wildman–Crippen MR) is 107 cm³/mol. The van der Waals surface area contributed by atoms with E-state index in [2.05, 4.69) is 20.4 Å². The van der Waals surface area contributed by atoms with Crippen LogP contribution in [0.1, 0.15) is 55.1 Å². The van der Waals surface area contributed by atoms with E-state index in [1.807, 2.05) is 46.8 Å². The lowest BCUT2D eigenvalue weighted by Gasteiger charge is -2.22. The molecular weight excluding hydrogens is 374 g/mol. The molecule has 1 amide bonds. The number of ketones is 1. The van der Waals surface area contributed by atoms with Crippen molar-refractivity contribution in [2.45, 2.75) is 47.0 Å². The summed E-state index contributed by atoms with van der Waals surface area (Å²) in [5.41, 5.74) is 3.74. The number of anilines is 1. The van der Waals surface area contributed by atoms with Crippen LogP contribution in [-0.4, -0.2) is 31.4 Å². The summed E-state index contributed by atoms with van der Waals surface area (Å²) in [5.74, 6) is 0.0681. The summed E-state index contributed by atoms with van der Waals surface area (Å²) in [6.45, 7) is 9.53. The van der Waals surface area contributed by atoms with E-state index < -0.39 is 5.92 Å². The minimum Gasteiger partial charge on any atom is -0.310 e. The zero-order valence-electron chi connectivity index (χ0n) is 16.5. The van der Waals surface area contributed by atoms with E-state index in [4.69, 9.17) is 0 Å². The SMILES string of the molecule is Cc1cc(C)nc(-n2nc(C)c3c2NC(=O)CC3C(=O)c2cc(C)sc2C)n1. The zero-order valence-corrected chi connectivity index (χ0v) is 17.3. The van der Waals surface area contributed by atoms with E-state index in [1.165, 1.54) is 4.68 Å². The van der Waals surface area contributed by atoms with Crippen molar-refractivity contribution in [3.63, 3.8) is 0 Å². The van der Waals surface area contributed by atoms with Gasteiger partial charge in [0.15, 0.2) is 5.78 Å². The zero-order chi connectivity index (χ0) is 20.2. The molecule has 28 heavy (non-hydrogen) atoms. The number of carbonyl (C=O) groups is 2. The summed E-state index contributed by atoms with van der Waals surface area (Å²) < 4.78 is 1.54. The Balaban J connectivity index is 1.85. The van der Waals surface area contributed by atoms with Gasteiger partial charge in [-0.1, -0.05) is 0 Å². The highest BCUT2D eigenvalue weighted by atomic mass is 32.1. The first kappa shape index (κ1) is 18.5. The fourth-order valence-corrected chi connectivity index (χ4v) is 4.71. The van der Waals surface area contributed by atoms with Crippen LogP contribution in [0.4, 0.5) is 5.82 Å². The molecule has 0 spiro atoms. The molecule has 4 rings (SSSR count). The standard InChI is InChI=1S/C20H21N5O2S/c1-9-6-10(2)22-20(21-9)25-19-17(12(4)24-25)15(8-16(26)23-19)18(27)14-7-11(3)28-13(14)5/h6-7,15H,8H2,1-5H3,(H,23,26). The molecule has 0 saturated heterocycles. The van der Waals surface area contributed by atoms with Crippen molar-refractivity contribution in [3.05, 3.63) is 50.1 Å². The number of thiophene rings is 1. The molecule has 1 N–H and O–H groups in total. The van der Waals surface area contributed by atoms with Gasteiger partial charge in [0.25, 0.3) is 5.95 Å². The number of hydrogen-bond donors (Lipinski definition) is 1. The van der Waals surface area contributed by atoms with E-state index in [-0.39, 0.29) is 18.1 Å². The van der Waals surface area contributed by atoms with Crippen LogP contribution < -0.4 is 5.32 Å². The van der Waals surface area contributed by atoms with Gasteiger partial charge in [-0.2, -0.15) is 9.78 Å². The van der Waals surface area contributed by atoms with Gasteiger partial charge in [-0.15, -0.1) is 11.3 Å². The van der Waals surface area contributed by atoms with Gasteiger partial charge in [0.05, 0.1) is 11.6 Å². The number of fused-ring (bicyclic) bond motifs is 1. The van der Waals surface area contributed by atoms with E-state index in [0.29, 0.717) is 23.0 Å².